The molecule has 1 atom stereocenters. The highest BCUT2D eigenvalue weighted by molar-refractivity contribution is 7.99. The van der Waals surface area contributed by atoms with Crippen molar-refractivity contribution in [3.63, 3.8) is 0 Å². The van der Waals surface area contributed by atoms with E-state index in [4.69, 9.17) is 10.8 Å². The normalized spacial score (nSPS) is 14.1. The highest BCUT2D eigenvalue weighted by Gasteiger charge is 2.00. The van der Waals surface area contributed by atoms with Gasteiger partial charge in [0, 0.05) is 11.8 Å². The van der Waals surface area contributed by atoms with Gasteiger partial charge in [-0.05, 0) is 11.7 Å². The molecule has 0 saturated heterocycles. The van der Waals surface area contributed by atoms with E-state index >= 15 is 0 Å². The Morgan fingerprint density at radius 3 is 2.40 bits per heavy atom. The number of aliphatic hydroxyl groups is 1. The maximum Gasteiger partial charge on any atom is 0.0590 e. The summed E-state index contributed by atoms with van der Waals surface area (Å²) in [5.41, 5.74) is 5.49. The number of rotatable bonds is 5. The Balaban J connectivity index is 3.03. The van der Waals surface area contributed by atoms with Gasteiger partial charge in [0.2, 0.25) is 0 Å². The van der Waals surface area contributed by atoms with E-state index in [2.05, 4.69) is 13.8 Å². The molecule has 2 nitrogen and oxygen atoms in total. The van der Waals surface area contributed by atoms with E-state index in [9.17, 15) is 0 Å². The first-order valence-electron chi connectivity index (χ1n) is 3.61. The fraction of sp³-hybridized carbons (Fsp3) is 1.00. The van der Waals surface area contributed by atoms with Gasteiger partial charge in [0.05, 0.1) is 6.61 Å². The molecule has 0 aliphatic heterocycles. The summed E-state index contributed by atoms with van der Waals surface area (Å²) in [6, 6.07) is -0.0382. The lowest BCUT2D eigenvalue weighted by molar-refractivity contribution is 0.275. The van der Waals surface area contributed by atoms with E-state index in [1.807, 2.05) is 11.8 Å². The SMILES string of the molecule is CC(C)CSCC(N)CO. The zero-order chi connectivity index (χ0) is 7.98. The van der Waals surface area contributed by atoms with Crippen LogP contribution in [0.3, 0.4) is 0 Å². The summed E-state index contributed by atoms with van der Waals surface area (Å²) < 4.78 is 0. The summed E-state index contributed by atoms with van der Waals surface area (Å²) in [6.45, 7) is 4.46. The Kier molecular flexibility index (Phi) is 6.17. The van der Waals surface area contributed by atoms with E-state index in [-0.39, 0.29) is 12.6 Å². The molecule has 0 amide bonds. The predicted octanol–water partition coefficient (Wildman–Crippen LogP) is 0.695. The van der Waals surface area contributed by atoms with Gasteiger partial charge in [0.15, 0.2) is 0 Å². The Bertz CT molecular complexity index is 78.0. The Morgan fingerprint density at radius 2 is 2.00 bits per heavy atom. The van der Waals surface area contributed by atoms with Crippen LogP contribution in [0.4, 0.5) is 0 Å². The number of aliphatic hydroxyl groups excluding tert-OH is 1. The van der Waals surface area contributed by atoms with Crippen LogP contribution in [0.1, 0.15) is 13.8 Å². The molecule has 0 rings (SSSR count). The van der Waals surface area contributed by atoms with Crippen LogP contribution in [-0.4, -0.2) is 29.3 Å². The molecule has 0 fully saturated rings. The summed E-state index contributed by atoms with van der Waals surface area (Å²) in [4.78, 5) is 0. The summed E-state index contributed by atoms with van der Waals surface area (Å²) >= 11 is 1.81. The molecule has 0 spiro atoms. The standard InChI is InChI=1S/C7H17NOS/c1-6(2)4-10-5-7(8)3-9/h6-7,9H,3-5,8H2,1-2H3. The first-order chi connectivity index (χ1) is 4.66. The van der Waals surface area contributed by atoms with Crippen LogP contribution in [0.5, 0.6) is 0 Å². The lowest BCUT2D eigenvalue weighted by Gasteiger charge is -2.08. The van der Waals surface area contributed by atoms with E-state index in [1.54, 1.807) is 0 Å². The van der Waals surface area contributed by atoms with Gasteiger partial charge < -0.3 is 10.8 Å². The lowest BCUT2D eigenvalue weighted by Crippen LogP contribution is -2.27. The monoisotopic (exact) mass is 163 g/mol. The maximum atomic E-state index is 8.56. The zero-order valence-electron chi connectivity index (χ0n) is 6.71. The highest BCUT2D eigenvalue weighted by atomic mass is 32.2. The van der Waals surface area contributed by atoms with Crippen LogP contribution in [-0.2, 0) is 0 Å². The predicted molar refractivity (Wildman–Crippen MR) is 47.2 cm³/mol. The van der Waals surface area contributed by atoms with Crippen LogP contribution in [0, 0.1) is 5.92 Å². The zero-order valence-corrected chi connectivity index (χ0v) is 7.53. The van der Waals surface area contributed by atoms with Crippen LogP contribution in [0.15, 0.2) is 0 Å². The molecule has 0 aromatic heterocycles. The molecule has 0 aliphatic carbocycles. The minimum Gasteiger partial charge on any atom is -0.395 e. The molecule has 0 heterocycles. The first-order valence-corrected chi connectivity index (χ1v) is 4.76. The van der Waals surface area contributed by atoms with Crippen molar-refractivity contribution in [2.75, 3.05) is 18.1 Å². The van der Waals surface area contributed by atoms with Gasteiger partial charge in [0.1, 0.15) is 0 Å². The van der Waals surface area contributed by atoms with Crippen LogP contribution >= 0.6 is 11.8 Å². The summed E-state index contributed by atoms with van der Waals surface area (Å²) in [7, 11) is 0. The largest absolute Gasteiger partial charge is 0.395 e. The average Bonchev–Trinajstić information content (AvgIpc) is 1.87. The minimum absolute atomic E-state index is 0.0382. The van der Waals surface area contributed by atoms with Crippen LogP contribution in [0.2, 0.25) is 0 Å². The molecule has 3 heteroatoms. The minimum atomic E-state index is -0.0382. The molecule has 0 aromatic rings. The third kappa shape index (κ3) is 6.39. The van der Waals surface area contributed by atoms with Crippen molar-refractivity contribution >= 4 is 11.8 Å². The van der Waals surface area contributed by atoms with Gasteiger partial charge in [-0.3, -0.25) is 0 Å². The van der Waals surface area contributed by atoms with E-state index in [0.717, 1.165) is 17.4 Å². The second-order valence-electron chi connectivity index (χ2n) is 2.87. The van der Waals surface area contributed by atoms with Gasteiger partial charge in [-0.15, -0.1) is 0 Å². The molecule has 0 radical (unpaired) electrons. The highest BCUT2D eigenvalue weighted by Crippen LogP contribution is 2.07. The van der Waals surface area contributed by atoms with Gasteiger partial charge in [-0.1, -0.05) is 13.8 Å². The van der Waals surface area contributed by atoms with E-state index < -0.39 is 0 Å². The Labute approximate surface area is 67.2 Å². The van der Waals surface area contributed by atoms with Crippen LogP contribution < -0.4 is 5.73 Å². The molecule has 0 bridgehead atoms. The van der Waals surface area contributed by atoms with E-state index in [1.165, 1.54) is 0 Å². The molecular weight excluding hydrogens is 146 g/mol. The summed E-state index contributed by atoms with van der Waals surface area (Å²) in [5, 5.41) is 8.56. The van der Waals surface area contributed by atoms with Crippen molar-refractivity contribution < 1.29 is 5.11 Å². The van der Waals surface area contributed by atoms with Crippen molar-refractivity contribution in [3.8, 4) is 0 Å². The van der Waals surface area contributed by atoms with Gasteiger partial charge in [-0.25, -0.2) is 0 Å². The lowest BCUT2D eigenvalue weighted by atomic mass is 10.3. The smallest absolute Gasteiger partial charge is 0.0590 e. The first kappa shape index (κ1) is 10.3. The fourth-order valence-corrected chi connectivity index (χ4v) is 1.52. The fourth-order valence-electron chi connectivity index (χ4n) is 0.508. The third-order valence-corrected chi connectivity index (χ3v) is 2.58. The molecular formula is C7H17NOS. The topological polar surface area (TPSA) is 46.2 Å². The number of hydrogen-bond donors (Lipinski definition) is 2. The quantitative estimate of drug-likeness (QED) is 0.627. The average molecular weight is 163 g/mol. The van der Waals surface area contributed by atoms with Crippen molar-refractivity contribution in [2.24, 2.45) is 11.7 Å². The Morgan fingerprint density at radius 1 is 1.40 bits per heavy atom. The number of thioether (sulfide) groups is 1. The molecule has 0 saturated carbocycles. The maximum absolute atomic E-state index is 8.56. The molecule has 62 valence electrons. The molecule has 3 N–H and O–H groups in total. The van der Waals surface area contributed by atoms with E-state index in [0.29, 0.717) is 0 Å². The number of hydrogen-bond acceptors (Lipinski definition) is 3. The summed E-state index contributed by atoms with van der Waals surface area (Å²) in [6.07, 6.45) is 0. The van der Waals surface area contributed by atoms with Gasteiger partial charge >= 0.3 is 0 Å². The number of nitrogens with two attached hydrogens (primary N) is 1. The van der Waals surface area contributed by atoms with Crippen molar-refractivity contribution in [2.45, 2.75) is 19.9 Å². The van der Waals surface area contributed by atoms with Gasteiger partial charge in [0.25, 0.3) is 0 Å². The van der Waals surface area contributed by atoms with Crippen molar-refractivity contribution in [3.05, 3.63) is 0 Å². The Hall–Kier alpha value is 0.270. The molecule has 0 aliphatic rings. The molecule has 0 aromatic carbocycles. The van der Waals surface area contributed by atoms with Crippen LogP contribution in [0.25, 0.3) is 0 Å². The van der Waals surface area contributed by atoms with Crippen molar-refractivity contribution in [1.29, 1.82) is 0 Å². The third-order valence-electron chi connectivity index (χ3n) is 1.02. The second-order valence-corrected chi connectivity index (χ2v) is 3.95. The van der Waals surface area contributed by atoms with Gasteiger partial charge in [-0.2, -0.15) is 11.8 Å². The second kappa shape index (κ2) is 6.01. The van der Waals surface area contributed by atoms with Crippen molar-refractivity contribution in [1.82, 2.24) is 0 Å². The molecule has 1 unspecified atom stereocenters. The molecule has 10 heavy (non-hydrogen) atoms. The summed E-state index contributed by atoms with van der Waals surface area (Å²) in [5.74, 6) is 2.72.